The highest BCUT2D eigenvalue weighted by Crippen LogP contribution is 2.21. The normalized spacial score (nSPS) is 15.4. The summed E-state index contributed by atoms with van der Waals surface area (Å²) < 4.78 is 3.28. The van der Waals surface area contributed by atoms with Crippen molar-refractivity contribution < 1.29 is 4.79 Å². The highest BCUT2D eigenvalue weighted by molar-refractivity contribution is 5.78. The van der Waals surface area contributed by atoms with E-state index >= 15 is 0 Å². The first kappa shape index (κ1) is 17.3. The van der Waals surface area contributed by atoms with Crippen LogP contribution in [0.1, 0.15) is 18.4 Å². The number of aryl methyl sites for hydroxylation is 2. The van der Waals surface area contributed by atoms with E-state index in [2.05, 4.69) is 15.3 Å². The average molecular weight is 343 g/mol. The number of nitrogens with one attached hydrogen (secondary N) is 1. The fraction of sp³-hybridized carbons (Fsp3) is 0.500. The molecule has 3 rings (SSSR count). The molecule has 0 atom stereocenters. The molecule has 0 saturated carbocycles. The van der Waals surface area contributed by atoms with Crippen LogP contribution in [0.5, 0.6) is 0 Å². The zero-order chi connectivity index (χ0) is 17.8. The number of piperidine rings is 1. The molecule has 0 spiro atoms. The monoisotopic (exact) mass is 343 g/mol. The number of carbonyl (C=O) groups is 1. The average Bonchev–Trinajstić information content (AvgIpc) is 3.01. The van der Waals surface area contributed by atoms with Gasteiger partial charge in [0.1, 0.15) is 0 Å². The van der Waals surface area contributed by atoms with E-state index in [9.17, 15) is 9.59 Å². The number of carbonyl (C=O) groups excluding carboxylic acids is 1. The first-order valence-corrected chi connectivity index (χ1v) is 8.67. The molecule has 134 valence electrons. The number of anilines is 1. The predicted molar refractivity (Wildman–Crippen MR) is 96.5 cm³/mol. The SMILES string of the molecule is Cn1ccc(CC(=O)NCC2CCN(c3cnn(C)c(=O)c3)CC2)c1. The van der Waals surface area contributed by atoms with Crippen molar-refractivity contribution in [1.29, 1.82) is 0 Å². The minimum atomic E-state index is -0.0900. The third kappa shape index (κ3) is 4.49. The van der Waals surface area contributed by atoms with Crippen LogP contribution in [0.15, 0.2) is 35.5 Å². The third-order valence-electron chi connectivity index (χ3n) is 4.78. The molecule has 1 amide bonds. The van der Waals surface area contributed by atoms with Gasteiger partial charge in [0.15, 0.2) is 0 Å². The molecule has 1 fully saturated rings. The van der Waals surface area contributed by atoms with Gasteiger partial charge >= 0.3 is 0 Å². The summed E-state index contributed by atoms with van der Waals surface area (Å²) in [6.45, 7) is 2.48. The van der Waals surface area contributed by atoms with Gasteiger partial charge in [-0.1, -0.05) is 0 Å². The van der Waals surface area contributed by atoms with Gasteiger partial charge in [0.05, 0.1) is 18.3 Å². The summed E-state index contributed by atoms with van der Waals surface area (Å²) in [7, 11) is 3.60. The van der Waals surface area contributed by atoms with Gasteiger partial charge in [-0.2, -0.15) is 5.10 Å². The Bertz CT molecular complexity index is 787. The van der Waals surface area contributed by atoms with Crippen LogP contribution in [0, 0.1) is 5.92 Å². The third-order valence-corrected chi connectivity index (χ3v) is 4.78. The Balaban J connectivity index is 1.43. The lowest BCUT2D eigenvalue weighted by atomic mass is 9.96. The maximum atomic E-state index is 12.0. The van der Waals surface area contributed by atoms with Crippen LogP contribution in [0.4, 0.5) is 5.69 Å². The first-order valence-electron chi connectivity index (χ1n) is 8.67. The molecule has 25 heavy (non-hydrogen) atoms. The van der Waals surface area contributed by atoms with Gasteiger partial charge in [-0.3, -0.25) is 9.59 Å². The molecule has 0 unspecified atom stereocenters. The van der Waals surface area contributed by atoms with E-state index < -0.39 is 0 Å². The number of hydrogen-bond donors (Lipinski definition) is 1. The largest absolute Gasteiger partial charge is 0.370 e. The Kier molecular flexibility index (Phi) is 5.21. The highest BCUT2D eigenvalue weighted by atomic mass is 16.1. The number of nitrogens with zero attached hydrogens (tertiary/aromatic N) is 4. The second-order valence-corrected chi connectivity index (χ2v) is 6.77. The minimum Gasteiger partial charge on any atom is -0.370 e. The van der Waals surface area contributed by atoms with Gasteiger partial charge in [0.2, 0.25) is 5.91 Å². The Labute approximate surface area is 147 Å². The molecule has 2 aromatic rings. The van der Waals surface area contributed by atoms with Gasteiger partial charge in [0, 0.05) is 52.2 Å². The van der Waals surface area contributed by atoms with Crippen LogP contribution in [0.2, 0.25) is 0 Å². The summed E-state index contributed by atoms with van der Waals surface area (Å²) in [6, 6.07) is 3.60. The van der Waals surface area contributed by atoms with Gasteiger partial charge in [-0.05, 0) is 30.4 Å². The molecule has 7 heteroatoms. The zero-order valence-corrected chi connectivity index (χ0v) is 14.8. The minimum absolute atomic E-state index is 0.0735. The Morgan fingerprint density at radius 2 is 2.08 bits per heavy atom. The van der Waals surface area contributed by atoms with E-state index in [1.165, 1.54) is 4.68 Å². The topological polar surface area (TPSA) is 72.2 Å². The fourth-order valence-electron chi connectivity index (χ4n) is 3.20. The van der Waals surface area contributed by atoms with Crippen molar-refractivity contribution in [2.24, 2.45) is 20.0 Å². The molecule has 0 aromatic carbocycles. The Morgan fingerprint density at radius 1 is 1.32 bits per heavy atom. The van der Waals surface area contributed by atoms with Crippen molar-refractivity contribution in [3.8, 4) is 0 Å². The maximum Gasteiger partial charge on any atom is 0.268 e. The lowest BCUT2D eigenvalue weighted by Gasteiger charge is -2.33. The van der Waals surface area contributed by atoms with E-state index in [-0.39, 0.29) is 11.5 Å². The molecule has 0 bridgehead atoms. The molecular weight excluding hydrogens is 318 g/mol. The number of rotatable bonds is 5. The van der Waals surface area contributed by atoms with Gasteiger partial charge < -0.3 is 14.8 Å². The van der Waals surface area contributed by atoms with Gasteiger partial charge in [-0.15, -0.1) is 0 Å². The lowest BCUT2D eigenvalue weighted by molar-refractivity contribution is -0.120. The van der Waals surface area contributed by atoms with E-state index in [0.29, 0.717) is 18.9 Å². The molecule has 0 aliphatic carbocycles. The summed E-state index contributed by atoms with van der Waals surface area (Å²) in [4.78, 5) is 25.9. The van der Waals surface area contributed by atoms with Crippen molar-refractivity contribution >= 4 is 11.6 Å². The smallest absolute Gasteiger partial charge is 0.268 e. The molecule has 7 nitrogen and oxygen atoms in total. The number of hydrogen-bond acceptors (Lipinski definition) is 4. The molecular formula is C18H25N5O2. The van der Waals surface area contributed by atoms with Crippen LogP contribution >= 0.6 is 0 Å². The number of aromatic nitrogens is 3. The van der Waals surface area contributed by atoms with Crippen molar-refractivity contribution in [2.45, 2.75) is 19.3 Å². The van der Waals surface area contributed by atoms with E-state index in [4.69, 9.17) is 0 Å². The van der Waals surface area contributed by atoms with Gasteiger partial charge in [0.25, 0.3) is 5.56 Å². The van der Waals surface area contributed by atoms with Crippen LogP contribution in [-0.2, 0) is 25.3 Å². The quantitative estimate of drug-likeness (QED) is 0.867. The predicted octanol–water partition coefficient (Wildman–Crippen LogP) is 0.694. The van der Waals surface area contributed by atoms with Crippen LogP contribution < -0.4 is 15.8 Å². The van der Waals surface area contributed by atoms with E-state index in [1.807, 2.05) is 30.1 Å². The molecule has 1 N–H and O–H groups in total. The van der Waals surface area contributed by atoms with E-state index in [1.54, 1.807) is 19.3 Å². The summed E-state index contributed by atoms with van der Waals surface area (Å²) >= 11 is 0. The van der Waals surface area contributed by atoms with Crippen LogP contribution in [0.25, 0.3) is 0 Å². The zero-order valence-electron chi connectivity index (χ0n) is 14.8. The maximum absolute atomic E-state index is 12.0. The van der Waals surface area contributed by atoms with Crippen molar-refractivity contribution in [1.82, 2.24) is 19.7 Å². The van der Waals surface area contributed by atoms with Crippen molar-refractivity contribution in [2.75, 3.05) is 24.5 Å². The second kappa shape index (κ2) is 7.55. The molecule has 1 aliphatic heterocycles. The van der Waals surface area contributed by atoms with E-state index in [0.717, 1.165) is 37.2 Å². The molecule has 3 heterocycles. The summed E-state index contributed by atoms with van der Waals surface area (Å²) in [5.74, 6) is 0.555. The van der Waals surface area contributed by atoms with Crippen LogP contribution in [-0.4, -0.2) is 39.9 Å². The summed E-state index contributed by atoms with van der Waals surface area (Å²) in [5, 5.41) is 7.13. The second-order valence-electron chi connectivity index (χ2n) is 6.77. The van der Waals surface area contributed by atoms with Crippen LogP contribution in [0.3, 0.4) is 0 Å². The summed E-state index contributed by atoms with van der Waals surface area (Å²) in [6.07, 6.45) is 8.09. The molecule has 2 aromatic heterocycles. The standard InChI is InChI=1S/C18H25N5O2/c1-21-6-3-15(13-21)9-17(24)19-11-14-4-7-23(8-5-14)16-10-18(25)22(2)20-12-16/h3,6,10,12-14H,4-5,7-9,11H2,1-2H3,(H,19,24). The lowest BCUT2D eigenvalue weighted by Crippen LogP contribution is -2.39. The number of amides is 1. The Hall–Kier alpha value is -2.57. The van der Waals surface area contributed by atoms with Gasteiger partial charge in [-0.25, -0.2) is 4.68 Å². The molecule has 1 aliphatic rings. The Morgan fingerprint density at radius 3 is 2.72 bits per heavy atom. The summed E-state index contributed by atoms with van der Waals surface area (Å²) in [5.41, 5.74) is 1.83. The van der Waals surface area contributed by atoms with Crippen molar-refractivity contribution in [3.63, 3.8) is 0 Å². The fourth-order valence-corrected chi connectivity index (χ4v) is 3.20. The first-order chi connectivity index (χ1) is 12.0. The van der Waals surface area contributed by atoms with Crippen molar-refractivity contribution in [3.05, 3.63) is 46.6 Å². The highest BCUT2D eigenvalue weighted by Gasteiger charge is 2.20. The molecule has 1 saturated heterocycles. The molecule has 0 radical (unpaired) electrons.